The molecule has 6 nitrogen and oxygen atoms in total. The summed E-state index contributed by atoms with van der Waals surface area (Å²) in [5.41, 5.74) is 0. The molecule has 0 aliphatic carbocycles. The van der Waals surface area contributed by atoms with Crippen LogP contribution >= 0.6 is 0 Å². The molecule has 0 aromatic rings. The summed E-state index contributed by atoms with van der Waals surface area (Å²) in [5, 5.41) is 0. The molecule has 0 spiro atoms. The van der Waals surface area contributed by atoms with E-state index in [1.807, 2.05) is 0 Å². The van der Waals surface area contributed by atoms with Crippen LogP contribution in [0.25, 0.3) is 0 Å². The van der Waals surface area contributed by atoms with Crippen molar-refractivity contribution in [1.29, 1.82) is 0 Å². The third-order valence-electron chi connectivity index (χ3n) is 4.53. The van der Waals surface area contributed by atoms with Gasteiger partial charge in [-0.2, -0.15) is 0 Å². The molecule has 0 fully saturated rings. The van der Waals surface area contributed by atoms with Crippen molar-refractivity contribution in [3.8, 4) is 0 Å². The summed E-state index contributed by atoms with van der Waals surface area (Å²) in [5.74, 6) is -0.631. The highest BCUT2D eigenvalue weighted by Crippen LogP contribution is 2.16. The Labute approximate surface area is 170 Å². The molecule has 0 rings (SSSR count). The van der Waals surface area contributed by atoms with Crippen LogP contribution in [0.4, 0.5) is 0 Å². The molecule has 0 saturated carbocycles. The van der Waals surface area contributed by atoms with E-state index < -0.39 is 0 Å². The van der Waals surface area contributed by atoms with Crippen molar-refractivity contribution in [2.24, 2.45) is 0 Å². The number of hydrogen-bond donors (Lipinski definition) is 0. The van der Waals surface area contributed by atoms with Crippen LogP contribution in [0.1, 0.15) is 104 Å². The lowest BCUT2D eigenvalue weighted by molar-refractivity contribution is -0.147. The molecule has 0 aliphatic heterocycles. The Morgan fingerprint density at radius 2 is 0.893 bits per heavy atom. The number of rotatable bonds is 18. The first-order chi connectivity index (χ1) is 13.4. The molecule has 0 radical (unpaired) electrons. The zero-order valence-electron chi connectivity index (χ0n) is 18.1. The minimum atomic E-state index is -0.225. The first kappa shape index (κ1) is 26.4. The topological polar surface area (TPSA) is 78.9 Å². The molecule has 0 aliphatic rings. The SMILES string of the molecule is CC(=O)OCCCCCCCCCC(CCCCCCOC(C)=O)OC(C)=O. The maximum Gasteiger partial charge on any atom is 0.302 e. The van der Waals surface area contributed by atoms with Crippen LogP contribution in [0.2, 0.25) is 0 Å². The van der Waals surface area contributed by atoms with E-state index >= 15 is 0 Å². The molecule has 28 heavy (non-hydrogen) atoms. The fourth-order valence-electron chi connectivity index (χ4n) is 3.11. The molecule has 1 atom stereocenters. The van der Waals surface area contributed by atoms with Crippen molar-refractivity contribution >= 4 is 17.9 Å². The van der Waals surface area contributed by atoms with Gasteiger partial charge in [0.2, 0.25) is 0 Å². The normalized spacial score (nSPS) is 11.7. The lowest BCUT2D eigenvalue weighted by Gasteiger charge is -2.17. The van der Waals surface area contributed by atoms with Crippen LogP contribution in [0, 0.1) is 0 Å². The molecule has 0 aromatic heterocycles. The van der Waals surface area contributed by atoms with Gasteiger partial charge in [0, 0.05) is 20.8 Å². The maximum absolute atomic E-state index is 11.3. The minimum Gasteiger partial charge on any atom is -0.466 e. The smallest absolute Gasteiger partial charge is 0.302 e. The molecule has 1 unspecified atom stereocenters. The quantitative estimate of drug-likeness (QED) is 0.181. The molecule has 6 heteroatoms. The van der Waals surface area contributed by atoms with Crippen molar-refractivity contribution in [1.82, 2.24) is 0 Å². The molecule has 164 valence electrons. The van der Waals surface area contributed by atoms with Crippen LogP contribution in [-0.4, -0.2) is 37.2 Å². The Kier molecular flexibility index (Phi) is 17.7. The Bertz CT molecular complexity index is 421. The van der Waals surface area contributed by atoms with E-state index in [2.05, 4.69) is 0 Å². The Morgan fingerprint density at radius 1 is 0.536 bits per heavy atom. The van der Waals surface area contributed by atoms with Crippen LogP contribution in [0.15, 0.2) is 0 Å². The van der Waals surface area contributed by atoms with E-state index in [-0.39, 0.29) is 24.0 Å². The Balaban J connectivity index is 3.63. The molecular formula is C22H40O6. The van der Waals surface area contributed by atoms with Gasteiger partial charge in [-0.05, 0) is 38.5 Å². The molecule has 0 amide bonds. The average molecular weight is 401 g/mol. The van der Waals surface area contributed by atoms with E-state index in [1.54, 1.807) is 0 Å². The lowest BCUT2D eigenvalue weighted by atomic mass is 10.0. The Morgan fingerprint density at radius 3 is 1.25 bits per heavy atom. The second-order valence-corrected chi connectivity index (χ2v) is 7.38. The van der Waals surface area contributed by atoms with E-state index in [4.69, 9.17) is 14.2 Å². The third kappa shape index (κ3) is 20.7. The first-order valence-corrected chi connectivity index (χ1v) is 10.9. The van der Waals surface area contributed by atoms with Gasteiger partial charge in [-0.15, -0.1) is 0 Å². The second kappa shape index (κ2) is 18.8. The summed E-state index contributed by atoms with van der Waals surface area (Å²) in [6, 6.07) is 0. The highest BCUT2D eigenvalue weighted by atomic mass is 16.5. The van der Waals surface area contributed by atoms with Crippen molar-refractivity contribution in [2.45, 2.75) is 110 Å². The highest BCUT2D eigenvalue weighted by Gasteiger charge is 2.11. The van der Waals surface area contributed by atoms with Crippen molar-refractivity contribution < 1.29 is 28.6 Å². The molecular weight excluding hydrogens is 360 g/mol. The van der Waals surface area contributed by atoms with E-state index in [9.17, 15) is 14.4 Å². The highest BCUT2D eigenvalue weighted by molar-refractivity contribution is 5.66. The largest absolute Gasteiger partial charge is 0.466 e. The van der Waals surface area contributed by atoms with Crippen molar-refractivity contribution in [3.05, 3.63) is 0 Å². The van der Waals surface area contributed by atoms with Gasteiger partial charge >= 0.3 is 17.9 Å². The number of esters is 3. The summed E-state index contributed by atoms with van der Waals surface area (Å²) < 4.78 is 15.3. The molecule has 0 aromatic carbocycles. The number of carbonyl (C=O) groups is 3. The molecule has 0 saturated heterocycles. The van der Waals surface area contributed by atoms with E-state index in [0.29, 0.717) is 13.2 Å². The summed E-state index contributed by atoms with van der Waals surface area (Å²) in [6.45, 7) is 5.36. The summed E-state index contributed by atoms with van der Waals surface area (Å²) in [7, 11) is 0. The second-order valence-electron chi connectivity index (χ2n) is 7.38. The predicted molar refractivity (Wildman–Crippen MR) is 109 cm³/mol. The third-order valence-corrected chi connectivity index (χ3v) is 4.53. The van der Waals surface area contributed by atoms with Crippen LogP contribution < -0.4 is 0 Å². The fraction of sp³-hybridized carbons (Fsp3) is 0.864. The number of ether oxygens (including phenoxy) is 3. The summed E-state index contributed by atoms with van der Waals surface area (Å²) in [4.78, 5) is 32.6. The van der Waals surface area contributed by atoms with Crippen molar-refractivity contribution in [2.75, 3.05) is 13.2 Å². The Hall–Kier alpha value is -1.59. The first-order valence-electron chi connectivity index (χ1n) is 10.9. The van der Waals surface area contributed by atoms with Crippen LogP contribution in [-0.2, 0) is 28.6 Å². The fourth-order valence-corrected chi connectivity index (χ4v) is 3.11. The van der Waals surface area contributed by atoms with Gasteiger partial charge in [0.15, 0.2) is 0 Å². The average Bonchev–Trinajstić information content (AvgIpc) is 2.61. The van der Waals surface area contributed by atoms with Gasteiger partial charge in [-0.3, -0.25) is 14.4 Å². The van der Waals surface area contributed by atoms with Crippen molar-refractivity contribution in [3.63, 3.8) is 0 Å². The zero-order chi connectivity index (χ0) is 21.0. The number of hydrogen-bond acceptors (Lipinski definition) is 6. The zero-order valence-corrected chi connectivity index (χ0v) is 18.1. The van der Waals surface area contributed by atoms with E-state index in [0.717, 1.165) is 64.2 Å². The van der Waals surface area contributed by atoms with Gasteiger partial charge in [-0.25, -0.2) is 0 Å². The van der Waals surface area contributed by atoms with Crippen LogP contribution in [0.3, 0.4) is 0 Å². The van der Waals surface area contributed by atoms with Gasteiger partial charge in [0.1, 0.15) is 6.10 Å². The minimum absolute atomic E-state index is 0.0229. The monoisotopic (exact) mass is 400 g/mol. The lowest BCUT2D eigenvalue weighted by Crippen LogP contribution is -2.16. The summed E-state index contributed by atoms with van der Waals surface area (Å²) in [6.07, 6.45) is 13.7. The van der Waals surface area contributed by atoms with Crippen LogP contribution in [0.5, 0.6) is 0 Å². The van der Waals surface area contributed by atoms with Gasteiger partial charge in [-0.1, -0.05) is 44.9 Å². The number of carbonyl (C=O) groups excluding carboxylic acids is 3. The summed E-state index contributed by atoms with van der Waals surface area (Å²) >= 11 is 0. The van der Waals surface area contributed by atoms with Gasteiger partial charge in [0.05, 0.1) is 13.2 Å². The standard InChI is InChI=1S/C22H40O6/c1-19(23)26-17-13-9-6-4-5-7-11-15-22(28-21(3)25)16-12-8-10-14-18-27-20(2)24/h22H,4-18H2,1-3H3. The maximum atomic E-state index is 11.3. The van der Waals surface area contributed by atoms with E-state index in [1.165, 1.54) is 40.0 Å². The van der Waals surface area contributed by atoms with Gasteiger partial charge < -0.3 is 14.2 Å². The molecule has 0 N–H and O–H groups in total. The predicted octanol–water partition coefficient (Wildman–Crippen LogP) is 5.12. The molecule has 0 bridgehead atoms. The number of unbranched alkanes of at least 4 members (excludes halogenated alkanes) is 9. The van der Waals surface area contributed by atoms with Gasteiger partial charge in [0.25, 0.3) is 0 Å². The molecule has 0 heterocycles.